The van der Waals surface area contributed by atoms with E-state index in [1.54, 1.807) is 38.1 Å². The zero-order chi connectivity index (χ0) is 24.6. The van der Waals surface area contributed by atoms with Crippen LogP contribution in [-0.4, -0.2) is 31.2 Å². The summed E-state index contributed by atoms with van der Waals surface area (Å²) in [6, 6.07) is 12.3. The van der Waals surface area contributed by atoms with Gasteiger partial charge in [-0.3, -0.25) is 9.36 Å². The summed E-state index contributed by atoms with van der Waals surface area (Å²) in [4.78, 5) is 33.6. The number of allylic oxidation sites excluding steroid dienone is 1. The van der Waals surface area contributed by atoms with E-state index < -0.39 is 12.0 Å². The standard InChI is InChI=1S/C25H23Cl2N3O3S/c1-5-33-24(32)21-14(2)30-23(31)20(12-16-6-9-17(26)13-19(16)27)34-25(30)28-22(21)15-7-10-18(11-8-15)29(3)4/h6-13,22H,5H2,1-4H3/b20-12-/t22-/m0/s1. The van der Waals surface area contributed by atoms with Crippen molar-refractivity contribution in [3.05, 3.63) is 88.9 Å². The molecule has 2 heterocycles. The van der Waals surface area contributed by atoms with Crippen LogP contribution in [0.1, 0.15) is 31.0 Å². The summed E-state index contributed by atoms with van der Waals surface area (Å²) in [6.45, 7) is 3.72. The lowest BCUT2D eigenvalue weighted by Gasteiger charge is -2.23. The highest BCUT2D eigenvalue weighted by atomic mass is 35.5. The molecule has 2 aromatic carbocycles. The van der Waals surface area contributed by atoms with Crippen LogP contribution >= 0.6 is 34.5 Å². The van der Waals surface area contributed by atoms with Crippen LogP contribution in [0.3, 0.4) is 0 Å². The molecule has 6 nitrogen and oxygen atoms in total. The summed E-state index contributed by atoms with van der Waals surface area (Å²) >= 11 is 13.6. The molecule has 1 aliphatic heterocycles. The van der Waals surface area contributed by atoms with Crippen molar-refractivity contribution in [3.8, 4) is 0 Å². The molecule has 1 atom stereocenters. The number of hydrogen-bond acceptors (Lipinski definition) is 6. The zero-order valence-electron chi connectivity index (χ0n) is 19.1. The monoisotopic (exact) mass is 515 g/mol. The molecule has 0 bridgehead atoms. The lowest BCUT2D eigenvalue weighted by atomic mass is 9.96. The smallest absolute Gasteiger partial charge is 0.338 e. The number of carbonyl (C=O) groups is 1. The largest absolute Gasteiger partial charge is 0.463 e. The molecule has 0 aliphatic carbocycles. The van der Waals surface area contributed by atoms with E-state index in [1.807, 2.05) is 43.3 Å². The van der Waals surface area contributed by atoms with Crippen LogP contribution in [0.25, 0.3) is 11.8 Å². The van der Waals surface area contributed by atoms with Crippen LogP contribution < -0.4 is 19.8 Å². The van der Waals surface area contributed by atoms with Crippen molar-refractivity contribution in [1.29, 1.82) is 0 Å². The molecule has 1 aromatic heterocycles. The maximum absolute atomic E-state index is 13.3. The van der Waals surface area contributed by atoms with Gasteiger partial charge in [0.25, 0.3) is 5.56 Å². The van der Waals surface area contributed by atoms with E-state index in [9.17, 15) is 9.59 Å². The second-order valence-electron chi connectivity index (χ2n) is 7.94. The van der Waals surface area contributed by atoms with Gasteiger partial charge < -0.3 is 9.64 Å². The fourth-order valence-corrected chi connectivity index (χ4v) is 5.27. The lowest BCUT2D eigenvalue weighted by Crippen LogP contribution is -2.35. The number of nitrogens with zero attached hydrogens (tertiary/aromatic N) is 3. The number of anilines is 1. The van der Waals surface area contributed by atoms with E-state index in [2.05, 4.69) is 0 Å². The molecule has 0 saturated carbocycles. The number of hydrogen-bond donors (Lipinski definition) is 0. The summed E-state index contributed by atoms with van der Waals surface area (Å²) in [5, 5.41) is 0.957. The molecule has 1 aliphatic rings. The fraction of sp³-hybridized carbons (Fsp3) is 0.240. The number of esters is 1. The van der Waals surface area contributed by atoms with Gasteiger partial charge in [0, 0.05) is 35.5 Å². The van der Waals surface area contributed by atoms with Crippen molar-refractivity contribution in [3.63, 3.8) is 0 Å². The highest BCUT2D eigenvalue weighted by molar-refractivity contribution is 7.07. The van der Waals surface area contributed by atoms with E-state index in [1.165, 1.54) is 15.9 Å². The predicted octanol–water partition coefficient (Wildman–Crippen LogP) is 4.28. The van der Waals surface area contributed by atoms with Crippen LogP contribution in [0, 0.1) is 0 Å². The normalized spacial score (nSPS) is 15.7. The maximum Gasteiger partial charge on any atom is 0.338 e. The Morgan fingerprint density at radius 1 is 1.21 bits per heavy atom. The van der Waals surface area contributed by atoms with Gasteiger partial charge in [0.2, 0.25) is 0 Å². The second-order valence-corrected chi connectivity index (χ2v) is 9.79. The first-order valence-corrected chi connectivity index (χ1v) is 12.2. The minimum atomic E-state index is -0.583. The number of rotatable bonds is 5. The Labute approximate surface area is 211 Å². The molecule has 0 N–H and O–H groups in total. The van der Waals surface area contributed by atoms with Gasteiger partial charge in [0.1, 0.15) is 6.04 Å². The summed E-state index contributed by atoms with van der Waals surface area (Å²) in [7, 11) is 3.92. The van der Waals surface area contributed by atoms with E-state index in [4.69, 9.17) is 32.9 Å². The number of benzene rings is 2. The summed E-state index contributed by atoms with van der Waals surface area (Å²) < 4.78 is 7.26. The van der Waals surface area contributed by atoms with Crippen molar-refractivity contribution in [2.75, 3.05) is 25.6 Å². The minimum Gasteiger partial charge on any atom is -0.463 e. The first-order valence-electron chi connectivity index (χ1n) is 10.6. The number of halogens is 2. The van der Waals surface area contributed by atoms with E-state index in [0.717, 1.165) is 11.3 Å². The quantitative estimate of drug-likeness (QED) is 0.475. The Balaban J connectivity index is 1.92. The average Bonchev–Trinajstić information content (AvgIpc) is 3.11. The molecule has 0 unspecified atom stereocenters. The van der Waals surface area contributed by atoms with Gasteiger partial charge in [-0.05, 0) is 55.3 Å². The SMILES string of the molecule is CCOC(=O)C1=C(C)n2c(s/c(=C\c3ccc(Cl)cc3Cl)c2=O)=N[C@H]1c1ccc(N(C)C)cc1. The van der Waals surface area contributed by atoms with Crippen molar-refractivity contribution >= 4 is 58.0 Å². The Kier molecular flexibility index (Phi) is 6.98. The topological polar surface area (TPSA) is 63.9 Å². The van der Waals surface area contributed by atoms with Gasteiger partial charge >= 0.3 is 5.97 Å². The molecule has 3 aromatic rings. The molecular weight excluding hydrogens is 493 g/mol. The number of fused-ring (bicyclic) bond motifs is 1. The molecule has 176 valence electrons. The van der Waals surface area contributed by atoms with E-state index >= 15 is 0 Å². The molecule has 0 fully saturated rings. The number of carbonyl (C=O) groups excluding carboxylic acids is 1. The molecule has 0 amide bonds. The molecule has 0 spiro atoms. The third-order valence-electron chi connectivity index (χ3n) is 5.51. The molecule has 4 rings (SSSR count). The van der Waals surface area contributed by atoms with Gasteiger partial charge in [0.05, 0.1) is 16.7 Å². The molecule has 0 saturated heterocycles. The van der Waals surface area contributed by atoms with Crippen LogP contribution in [0.4, 0.5) is 5.69 Å². The third kappa shape index (κ3) is 4.56. The van der Waals surface area contributed by atoms with Crippen LogP contribution in [0.2, 0.25) is 10.0 Å². The van der Waals surface area contributed by atoms with Crippen LogP contribution in [-0.2, 0) is 9.53 Å². The third-order valence-corrected chi connectivity index (χ3v) is 7.06. The van der Waals surface area contributed by atoms with Gasteiger partial charge in [-0.2, -0.15) is 0 Å². The first kappa shape index (κ1) is 24.3. The van der Waals surface area contributed by atoms with Gasteiger partial charge in [-0.25, -0.2) is 9.79 Å². The molecule has 9 heteroatoms. The average molecular weight is 516 g/mol. The van der Waals surface area contributed by atoms with Gasteiger partial charge in [-0.1, -0.05) is 52.7 Å². The second kappa shape index (κ2) is 9.78. The number of aromatic nitrogens is 1. The Morgan fingerprint density at radius 2 is 1.91 bits per heavy atom. The maximum atomic E-state index is 13.3. The first-order chi connectivity index (χ1) is 16.2. The highest BCUT2D eigenvalue weighted by Gasteiger charge is 2.31. The Bertz CT molecular complexity index is 1470. The van der Waals surface area contributed by atoms with Crippen molar-refractivity contribution in [2.24, 2.45) is 4.99 Å². The summed E-state index contributed by atoms with van der Waals surface area (Å²) in [6.07, 6.45) is 1.71. The molecule has 0 radical (unpaired) electrons. The van der Waals surface area contributed by atoms with Crippen molar-refractivity contribution in [2.45, 2.75) is 19.9 Å². The molecular formula is C25H23Cl2N3O3S. The Hall–Kier alpha value is -2.87. The van der Waals surface area contributed by atoms with Crippen LogP contribution in [0.5, 0.6) is 0 Å². The number of thiazole rings is 1. The summed E-state index contributed by atoms with van der Waals surface area (Å²) in [5.41, 5.74) is 3.13. The van der Waals surface area contributed by atoms with Crippen LogP contribution in [0.15, 0.2) is 57.8 Å². The van der Waals surface area contributed by atoms with E-state index in [-0.39, 0.29) is 12.2 Å². The minimum absolute atomic E-state index is 0.224. The van der Waals surface area contributed by atoms with E-state index in [0.29, 0.717) is 36.2 Å². The highest BCUT2D eigenvalue weighted by Crippen LogP contribution is 2.33. The van der Waals surface area contributed by atoms with Gasteiger partial charge in [0.15, 0.2) is 4.80 Å². The van der Waals surface area contributed by atoms with Crippen molar-refractivity contribution in [1.82, 2.24) is 4.57 Å². The lowest BCUT2D eigenvalue weighted by molar-refractivity contribution is -0.138. The summed E-state index contributed by atoms with van der Waals surface area (Å²) in [5.74, 6) is -0.486. The zero-order valence-corrected chi connectivity index (χ0v) is 21.5. The predicted molar refractivity (Wildman–Crippen MR) is 138 cm³/mol. The van der Waals surface area contributed by atoms with Gasteiger partial charge in [-0.15, -0.1) is 0 Å². The molecule has 34 heavy (non-hydrogen) atoms. The number of ether oxygens (including phenoxy) is 1. The van der Waals surface area contributed by atoms with Crippen molar-refractivity contribution < 1.29 is 9.53 Å². The Morgan fingerprint density at radius 3 is 2.53 bits per heavy atom. The fourth-order valence-electron chi connectivity index (χ4n) is 3.77.